The van der Waals surface area contributed by atoms with Gasteiger partial charge in [-0.15, -0.1) is 0 Å². The number of nitrogens with one attached hydrogen (secondary N) is 1. The highest BCUT2D eigenvalue weighted by atomic mass is 16.5. The van der Waals surface area contributed by atoms with Crippen LogP contribution in [0.1, 0.15) is 38.7 Å². The summed E-state index contributed by atoms with van der Waals surface area (Å²) < 4.78 is 5.16. The second kappa shape index (κ2) is 11.4. The van der Waals surface area contributed by atoms with Crippen LogP contribution in [0.4, 0.5) is 0 Å². The van der Waals surface area contributed by atoms with Gasteiger partial charge < -0.3 is 26.3 Å². The van der Waals surface area contributed by atoms with Crippen molar-refractivity contribution in [3.8, 4) is 0 Å². The first kappa shape index (κ1) is 21.8. The predicted octanol–water partition coefficient (Wildman–Crippen LogP) is 0.894. The fourth-order valence-corrected chi connectivity index (χ4v) is 2.28. The van der Waals surface area contributed by atoms with Gasteiger partial charge in [-0.3, -0.25) is 9.59 Å². The minimum atomic E-state index is -0.860. The van der Waals surface area contributed by atoms with Crippen molar-refractivity contribution < 1.29 is 19.1 Å². The molecule has 26 heavy (non-hydrogen) atoms. The van der Waals surface area contributed by atoms with Crippen LogP contribution in [0, 0.1) is 5.92 Å². The summed E-state index contributed by atoms with van der Waals surface area (Å²) in [5, 5.41) is 2.59. The summed E-state index contributed by atoms with van der Waals surface area (Å²) in [6, 6.07) is 7.00. The molecular formula is C19H29N3O4. The monoisotopic (exact) mass is 363 g/mol. The van der Waals surface area contributed by atoms with Crippen LogP contribution in [0.2, 0.25) is 0 Å². The van der Waals surface area contributed by atoms with Gasteiger partial charge in [-0.1, -0.05) is 50.6 Å². The van der Waals surface area contributed by atoms with Crippen molar-refractivity contribution in [2.75, 3.05) is 0 Å². The third-order valence-electron chi connectivity index (χ3n) is 4.37. The third kappa shape index (κ3) is 7.33. The lowest BCUT2D eigenvalue weighted by Gasteiger charge is -2.21. The normalized spacial score (nSPS) is 15.4. The zero-order valence-electron chi connectivity index (χ0n) is 15.4. The van der Waals surface area contributed by atoms with Crippen LogP contribution < -0.4 is 16.8 Å². The summed E-state index contributed by atoms with van der Waals surface area (Å²) in [6.07, 6.45) is 1.85. The molecule has 1 rings (SSSR count). The topological polar surface area (TPSA) is 125 Å². The lowest BCUT2D eigenvalue weighted by molar-refractivity contribution is -0.146. The van der Waals surface area contributed by atoms with E-state index in [1.807, 2.05) is 44.2 Å². The molecule has 1 amide bonds. The Bertz CT molecular complexity index is 579. The van der Waals surface area contributed by atoms with Crippen molar-refractivity contribution in [1.82, 2.24) is 5.32 Å². The molecule has 0 aromatic heterocycles. The van der Waals surface area contributed by atoms with Gasteiger partial charge in [0, 0.05) is 0 Å². The Hall–Kier alpha value is -2.25. The quantitative estimate of drug-likeness (QED) is 0.396. The van der Waals surface area contributed by atoms with E-state index >= 15 is 0 Å². The van der Waals surface area contributed by atoms with Crippen LogP contribution in [-0.4, -0.2) is 36.3 Å². The van der Waals surface area contributed by atoms with Crippen molar-refractivity contribution in [2.24, 2.45) is 17.4 Å². The highest BCUT2D eigenvalue weighted by molar-refractivity contribution is 5.84. The summed E-state index contributed by atoms with van der Waals surface area (Å²) >= 11 is 0. The molecule has 7 heteroatoms. The Morgan fingerprint density at radius 3 is 2.42 bits per heavy atom. The van der Waals surface area contributed by atoms with E-state index in [0.717, 1.165) is 12.0 Å². The van der Waals surface area contributed by atoms with Crippen molar-refractivity contribution >= 4 is 18.2 Å². The van der Waals surface area contributed by atoms with E-state index < -0.39 is 24.1 Å². The SMILES string of the molecule is CC[C@H](C)[C@H](N)C(=O)N[C@H](C=O)CCC(N)C(=O)OCc1ccccc1. The van der Waals surface area contributed by atoms with E-state index in [9.17, 15) is 14.4 Å². The number of benzene rings is 1. The molecule has 0 fully saturated rings. The Morgan fingerprint density at radius 2 is 1.85 bits per heavy atom. The van der Waals surface area contributed by atoms with Crippen LogP contribution in [0.3, 0.4) is 0 Å². The fraction of sp³-hybridized carbons (Fsp3) is 0.526. The Morgan fingerprint density at radius 1 is 1.19 bits per heavy atom. The van der Waals surface area contributed by atoms with Crippen molar-refractivity contribution in [3.63, 3.8) is 0 Å². The van der Waals surface area contributed by atoms with Crippen LogP contribution in [0.5, 0.6) is 0 Å². The van der Waals surface area contributed by atoms with Gasteiger partial charge in [-0.2, -0.15) is 0 Å². The number of carbonyl (C=O) groups is 3. The largest absolute Gasteiger partial charge is 0.460 e. The average Bonchev–Trinajstić information content (AvgIpc) is 2.68. The van der Waals surface area contributed by atoms with Crippen LogP contribution in [0.15, 0.2) is 30.3 Å². The first-order valence-electron chi connectivity index (χ1n) is 8.86. The van der Waals surface area contributed by atoms with Crippen molar-refractivity contribution in [1.29, 1.82) is 0 Å². The maximum absolute atomic E-state index is 12.0. The molecule has 0 radical (unpaired) electrons. The molecule has 5 N–H and O–H groups in total. The van der Waals surface area contributed by atoms with Gasteiger partial charge in [0.15, 0.2) is 0 Å². The molecule has 4 atom stereocenters. The van der Waals surface area contributed by atoms with Gasteiger partial charge >= 0.3 is 5.97 Å². The zero-order valence-corrected chi connectivity index (χ0v) is 15.4. The minimum absolute atomic E-state index is 0.0116. The predicted molar refractivity (Wildman–Crippen MR) is 98.9 cm³/mol. The lowest BCUT2D eigenvalue weighted by atomic mass is 9.98. The van der Waals surface area contributed by atoms with E-state index in [1.165, 1.54) is 0 Å². The molecule has 0 saturated carbocycles. The molecule has 0 aliphatic rings. The number of aldehydes is 1. The summed E-state index contributed by atoms with van der Waals surface area (Å²) in [5.41, 5.74) is 12.5. The van der Waals surface area contributed by atoms with Gasteiger partial charge in [-0.25, -0.2) is 0 Å². The molecule has 144 valence electrons. The van der Waals surface area contributed by atoms with Crippen molar-refractivity contribution in [2.45, 2.75) is 57.8 Å². The number of hydrogen-bond donors (Lipinski definition) is 3. The van der Waals surface area contributed by atoms with Gasteiger partial charge in [-0.05, 0) is 24.3 Å². The first-order valence-corrected chi connectivity index (χ1v) is 8.86. The molecule has 0 bridgehead atoms. The Labute approximate surface area is 154 Å². The summed E-state index contributed by atoms with van der Waals surface area (Å²) in [5.74, 6) is -0.907. The van der Waals surface area contributed by atoms with E-state index in [4.69, 9.17) is 16.2 Å². The summed E-state index contributed by atoms with van der Waals surface area (Å²) in [7, 11) is 0. The molecule has 0 heterocycles. The summed E-state index contributed by atoms with van der Waals surface area (Å²) in [6.45, 7) is 3.96. The maximum Gasteiger partial charge on any atom is 0.323 e. The van der Waals surface area contributed by atoms with E-state index in [2.05, 4.69) is 5.32 Å². The highest BCUT2D eigenvalue weighted by Gasteiger charge is 2.23. The zero-order chi connectivity index (χ0) is 19.5. The molecule has 1 unspecified atom stereocenters. The third-order valence-corrected chi connectivity index (χ3v) is 4.37. The second-order valence-electron chi connectivity index (χ2n) is 6.44. The van der Waals surface area contributed by atoms with E-state index in [1.54, 1.807) is 0 Å². The highest BCUT2D eigenvalue weighted by Crippen LogP contribution is 2.08. The van der Waals surface area contributed by atoms with Gasteiger partial charge in [0.05, 0.1) is 12.1 Å². The molecule has 0 spiro atoms. The number of ether oxygens (including phenoxy) is 1. The average molecular weight is 363 g/mol. The van der Waals surface area contributed by atoms with E-state index in [-0.39, 0.29) is 31.3 Å². The minimum Gasteiger partial charge on any atom is -0.460 e. The number of hydrogen-bond acceptors (Lipinski definition) is 6. The number of rotatable bonds is 11. The Balaban J connectivity index is 2.40. The molecule has 0 aliphatic carbocycles. The van der Waals surface area contributed by atoms with Gasteiger partial charge in [0.25, 0.3) is 0 Å². The maximum atomic E-state index is 12.0. The first-order chi connectivity index (χ1) is 12.4. The Kier molecular flexibility index (Phi) is 9.54. The molecular weight excluding hydrogens is 334 g/mol. The second-order valence-corrected chi connectivity index (χ2v) is 6.44. The standard InChI is InChI=1S/C19H29N3O4/c1-3-13(2)17(21)18(24)22-15(11-23)9-10-16(20)19(25)26-12-14-7-5-4-6-8-14/h4-8,11,13,15-17H,3,9-10,12,20-21H2,1-2H3,(H,22,24)/t13-,15-,16?,17-/m0/s1. The number of nitrogens with two attached hydrogens (primary N) is 2. The molecule has 7 nitrogen and oxygen atoms in total. The number of amides is 1. The van der Waals surface area contributed by atoms with Crippen LogP contribution in [0.25, 0.3) is 0 Å². The van der Waals surface area contributed by atoms with Gasteiger partial charge in [0.2, 0.25) is 5.91 Å². The molecule has 0 saturated heterocycles. The van der Waals surface area contributed by atoms with E-state index in [0.29, 0.717) is 6.29 Å². The molecule has 1 aromatic rings. The van der Waals surface area contributed by atoms with Crippen LogP contribution >= 0.6 is 0 Å². The fourth-order valence-electron chi connectivity index (χ4n) is 2.28. The summed E-state index contributed by atoms with van der Waals surface area (Å²) in [4.78, 5) is 35.1. The molecule has 0 aliphatic heterocycles. The van der Waals surface area contributed by atoms with Crippen LogP contribution in [-0.2, 0) is 25.7 Å². The van der Waals surface area contributed by atoms with Gasteiger partial charge in [0.1, 0.15) is 18.9 Å². The van der Waals surface area contributed by atoms with Crippen molar-refractivity contribution in [3.05, 3.63) is 35.9 Å². The smallest absolute Gasteiger partial charge is 0.323 e. The lowest BCUT2D eigenvalue weighted by Crippen LogP contribution is -2.49. The molecule has 1 aromatic carbocycles. The number of carbonyl (C=O) groups excluding carboxylic acids is 3. The number of esters is 1.